The molecule has 0 aliphatic rings. The van der Waals surface area contributed by atoms with Gasteiger partial charge in [0, 0.05) is 6.21 Å². The van der Waals surface area contributed by atoms with Gasteiger partial charge in [-0.05, 0) is 28.3 Å². The van der Waals surface area contributed by atoms with Gasteiger partial charge in [-0.3, -0.25) is 4.99 Å². The molecule has 0 saturated carbocycles. The monoisotopic (exact) mass is 373 g/mol. The summed E-state index contributed by atoms with van der Waals surface area (Å²) < 4.78 is 0. The van der Waals surface area contributed by atoms with E-state index < -0.39 is 5.54 Å². The molecule has 1 heteroatoms. The van der Waals surface area contributed by atoms with E-state index in [-0.39, 0.29) is 0 Å². The Labute approximate surface area is 172 Å². The highest BCUT2D eigenvalue weighted by Crippen LogP contribution is 2.40. The van der Waals surface area contributed by atoms with Gasteiger partial charge in [-0.2, -0.15) is 0 Å². The molecule has 140 valence electrons. The molecule has 0 N–H and O–H groups in total. The van der Waals surface area contributed by atoms with Gasteiger partial charge in [0.25, 0.3) is 0 Å². The zero-order valence-electron chi connectivity index (χ0n) is 16.2. The molecule has 0 heterocycles. The van der Waals surface area contributed by atoms with Crippen molar-refractivity contribution in [1.29, 1.82) is 0 Å². The SMILES string of the molecule is C(/C=C/c1ccccc1)=NC(c1ccccc1)(c1ccccc1)c1ccccc1. The smallest absolute Gasteiger partial charge is 0.136 e. The lowest BCUT2D eigenvalue weighted by molar-refractivity contribution is 0.660. The van der Waals surface area contributed by atoms with Crippen LogP contribution in [0.25, 0.3) is 6.08 Å². The number of benzene rings is 4. The first kappa shape index (κ1) is 18.6. The number of hydrogen-bond donors (Lipinski definition) is 0. The van der Waals surface area contributed by atoms with Gasteiger partial charge in [-0.1, -0.05) is 127 Å². The van der Waals surface area contributed by atoms with Crippen LogP contribution in [0.15, 0.2) is 132 Å². The Bertz CT molecular complexity index is 970. The Morgan fingerprint density at radius 3 is 1.28 bits per heavy atom. The summed E-state index contributed by atoms with van der Waals surface area (Å²) in [4.78, 5) is 5.17. The summed E-state index contributed by atoms with van der Waals surface area (Å²) in [6.45, 7) is 0. The Morgan fingerprint density at radius 2 is 0.862 bits per heavy atom. The number of allylic oxidation sites excluding steroid dienone is 1. The highest BCUT2D eigenvalue weighted by molar-refractivity contribution is 5.79. The van der Waals surface area contributed by atoms with Crippen LogP contribution in [0.2, 0.25) is 0 Å². The van der Waals surface area contributed by atoms with Gasteiger partial charge in [0.1, 0.15) is 5.54 Å². The Hall–Kier alpha value is -3.71. The minimum atomic E-state index is -0.606. The predicted molar refractivity (Wildman–Crippen MR) is 123 cm³/mol. The molecule has 0 fully saturated rings. The van der Waals surface area contributed by atoms with Crippen LogP contribution in [-0.4, -0.2) is 6.21 Å². The third-order valence-electron chi connectivity index (χ3n) is 5.02. The molecule has 4 rings (SSSR count). The highest BCUT2D eigenvalue weighted by atomic mass is 14.9. The van der Waals surface area contributed by atoms with E-state index in [2.05, 4.69) is 91.0 Å². The zero-order chi connectivity index (χ0) is 19.8. The van der Waals surface area contributed by atoms with Crippen molar-refractivity contribution in [1.82, 2.24) is 0 Å². The predicted octanol–water partition coefficient (Wildman–Crippen LogP) is 6.76. The zero-order valence-corrected chi connectivity index (χ0v) is 16.2. The lowest BCUT2D eigenvalue weighted by atomic mass is 9.77. The largest absolute Gasteiger partial charge is 0.272 e. The maximum absolute atomic E-state index is 5.17. The normalized spacial score (nSPS) is 11.9. The van der Waals surface area contributed by atoms with Crippen LogP contribution in [0.1, 0.15) is 22.3 Å². The van der Waals surface area contributed by atoms with Gasteiger partial charge >= 0.3 is 0 Å². The molecule has 0 saturated heterocycles. The molecule has 0 aliphatic carbocycles. The van der Waals surface area contributed by atoms with Gasteiger partial charge in [0.15, 0.2) is 0 Å². The molecule has 0 spiro atoms. The molecular formula is C28H23N. The van der Waals surface area contributed by atoms with Crippen molar-refractivity contribution >= 4 is 12.3 Å². The molecule has 29 heavy (non-hydrogen) atoms. The Morgan fingerprint density at radius 1 is 0.483 bits per heavy atom. The van der Waals surface area contributed by atoms with E-state index in [1.165, 1.54) is 0 Å². The van der Waals surface area contributed by atoms with E-state index in [4.69, 9.17) is 4.99 Å². The van der Waals surface area contributed by atoms with Gasteiger partial charge in [0.2, 0.25) is 0 Å². The first-order chi connectivity index (χ1) is 14.4. The second kappa shape index (κ2) is 8.99. The van der Waals surface area contributed by atoms with Crippen molar-refractivity contribution in [2.24, 2.45) is 4.99 Å². The van der Waals surface area contributed by atoms with Crippen molar-refractivity contribution in [3.8, 4) is 0 Å². The molecule has 0 amide bonds. The number of nitrogens with zero attached hydrogens (tertiary/aromatic N) is 1. The van der Waals surface area contributed by atoms with Crippen molar-refractivity contribution < 1.29 is 0 Å². The first-order valence-electron chi connectivity index (χ1n) is 9.83. The maximum Gasteiger partial charge on any atom is 0.136 e. The Kier molecular flexibility index (Phi) is 5.78. The molecule has 0 atom stereocenters. The molecule has 0 unspecified atom stereocenters. The summed E-state index contributed by atoms with van der Waals surface area (Å²) in [5, 5.41) is 0. The number of rotatable bonds is 6. The fourth-order valence-electron chi connectivity index (χ4n) is 3.63. The Balaban J connectivity index is 1.86. The van der Waals surface area contributed by atoms with E-state index in [0.29, 0.717) is 0 Å². The van der Waals surface area contributed by atoms with E-state index in [0.717, 1.165) is 22.3 Å². The van der Waals surface area contributed by atoms with Gasteiger partial charge in [-0.15, -0.1) is 0 Å². The van der Waals surface area contributed by atoms with Crippen LogP contribution < -0.4 is 0 Å². The molecular weight excluding hydrogens is 350 g/mol. The lowest BCUT2D eigenvalue weighted by Gasteiger charge is -2.32. The van der Waals surface area contributed by atoms with Gasteiger partial charge in [0.05, 0.1) is 0 Å². The summed E-state index contributed by atoms with van der Waals surface area (Å²) in [6, 6.07) is 41.8. The average molecular weight is 373 g/mol. The molecule has 1 nitrogen and oxygen atoms in total. The summed E-state index contributed by atoms with van der Waals surface area (Å²) in [5.41, 5.74) is 3.97. The summed E-state index contributed by atoms with van der Waals surface area (Å²) in [6.07, 6.45) is 6.01. The van der Waals surface area contributed by atoms with Crippen molar-refractivity contribution in [2.45, 2.75) is 5.54 Å². The molecule has 0 bridgehead atoms. The van der Waals surface area contributed by atoms with Crippen LogP contribution in [0.4, 0.5) is 0 Å². The van der Waals surface area contributed by atoms with Crippen molar-refractivity contribution in [3.63, 3.8) is 0 Å². The van der Waals surface area contributed by atoms with Crippen molar-refractivity contribution in [3.05, 3.63) is 150 Å². The molecule has 4 aromatic rings. The third kappa shape index (κ3) is 4.09. The fraction of sp³-hybridized carbons (Fsp3) is 0.0357. The van der Waals surface area contributed by atoms with Crippen molar-refractivity contribution in [2.75, 3.05) is 0 Å². The van der Waals surface area contributed by atoms with Crippen LogP contribution in [-0.2, 0) is 5.54 Å². The molecule has 0 aromatic heterocycles. The number of aliphatic imine (C=N–C) groups is 1. The van der Waals surface area contributed by atoms with E-state index in [1.807, 2.05) is 48.7 Å². The van der Waals surface area contributed by atoms with Crippen LogP contribution in [0.5, 0.6) is 0 Å². The second-order valence-electron chi connectivity index (χ2n) is 6.86. The third-order valence-corrected chi connectivity index (χ3v) is 5.02. The van der Waals surface area contributed by atoms with Crippen LogP contribution >= 0.6 is 0 Å². The van der Waals surface area contributed by atoms with Crippen LogP contribution in [0, 0.1) is 0 Å². The minimum Gasteiger partial charge on any atom is -0.272 e. The fourth-order valence-corrected chi connectivity index (χ4v) is 3.63. The summed E-state index contributed by atoms with van der Waals surface area (Å²) in [7, 11) is 0. The lowest BCUT2D eigenvalue weighted by Crippen LogP contribution is -2.27. The quantitative estimate of drug-likeness (QED) is 0.261. The second-order valence-corrected chi connectivity index (χ2v) is 6.86. The topological polar surface area (TPSA) is 12.4 Å². The molecule has 0 aliphatic heterocycles. The minimum absolute atomic E-state index is 0.606. The van der Waals surface area contributed by atoms with Crippen LogP contribution in [0.3, 0.4) is 0 Å². The summed E-state index contributed by atoms with van der Waals surface area (Å²) in [5.74, 6) is 0. The van der Waals surface area contributed by atoms with E-state index in [1.54, 1.807) is 0 Å². The number of hydrogen-bond acceptors (Lipinski definition) is 1. The standard InChI is InChI=1S/C28H23N/c1-5-14-24(15-6-1)16-13-23-29-28(25-17-7-2-8-18-25,26-19-9-3-10-20-26)27-21-11-4-12-22-27/h1-23H/b16-13+,29-23?. The summed E-state index contributed by atoms with van der Waals surface area (Å²) >= 11 is 0. The highest BCUT2D eigenvalue weighted by Gasteiger charge is 2.35. The first-order valence-corrected chi connectivity index (χ1v) is 9.83. The average Bonchev–Trinajstić information content (AvgIpc) is 2.82. The van der Waals surface area contributed by atoms with E-state index in [9.17, 15) is 0 Å². The maximum atomic E-state index is 5.17. The van der Waals surface area contributed by atoms with Gasteiger partial charge < -0.3 is 0 Å². The molecule has 4 aromatic carbocycles. The molecule has 0 radical (unpaired) electrons. The van der Waals surface area contributed by atoms with Gasteiger partial charge in [-0.25, -0.2) is 0 Å². The van der Waals surface area contributed by atoms with E-state index >= 15 is 0 Å².